The summed E-state index contributed by atoms with van der Waals surface area (Å²) in [6.07, 6.45) is 12.8. The summed E-state index contributed by atoms with van der Waals surface area (Å²) in [7, 11) is -0.329. The standard InChI is InChI=1S/C28H31O3S.C18H14OS.C10H17ClO2.2ClH/c1-2-28(20-10-5-11-21-28)31-27(29)22-30-23-16-18-26(19-17-23)32(24-12-6-3-7-13-24)25-14-8-4-9-15-25;19-15-11-13-18(14-12-15)20(16-7-3-1-4-8-16)17-9-5-2-6-10-17;1-2-10(13-9(12)8-11)6-4-3-5-7-10;;/h3-4,6-9,12-19H,2,5,10-11,20-22H2,1H3;1-14H;2-8H2,1H3;2*1H/q+1;;;;/p-1. The van der Waals surface area contributed by atoms with Gasteiger partial charge in [0.05, 0.1) is 21.8 Å². The Balaban J connectivity index is 0.000000239. The molecule has 2 aliphatic rings. The average Bonchev–Trinajstić information content (AvgIpc) is 3.37. The molecule has 2 aliphatic carbocycles. The van der Waals surface area contributed by atoms with E-state index in [2.05, 4.69) is 123 Å². The molecule has 6 aromatic rings. The van der Waals surface area contributed by atoms with Gasteiger partial charge in [0, 0.05) is 0 Å². The highest BCUT2D eigenvalue weighted by Gasteiger charge is 2.35. The first-order valence-electron chi connectivity index (χ1n) is 23.0. The van der Waals surface area contributed by atoms with E-state index in [4.69, 9.17) is 25.8 Å². The van der Waals surface area contributed by atoms with Crippen LogP contribution in [0.3, 0.4) is 0 Å². The van der Waals surface area contributed by atoms with Gasteiger partial charge in [-0.3, -0.25) is 4.79 Å². The molecule has 67 heavy (non-hydrogen) atoms. The molecule has 6 aromatic carbocycles. The number of carbonyl (C=O) groups is 2. The predicted octanol–water partition coefficient (Wildman–Crippen LogP) is 8.19. The van der Waals surface area contributed by atoms with Crippen molar-refractivity contribution in [1.82, 2.24) is 0 Å². The number of benzene rings is 6. The largest absolute Gasteiger partial charge is 1.00 e. The van der Waals surface area contributed by atoms with E-state index in [9.17, 15) is 14.7 Å². The normalized spacial score (nSPS) is 14.6. The summed E-state index contributed by atoms with van der Waals surface area (Å²) in [5.74, 6) is 0.418. The van der Waals surface area contributed by atoms with Crippen LogP contribution in [-0.4, -0.2) is 40.7 Å². The molecule has 0 heterocycles. The molecule has 0 bridgehead atoms. The van der Waals surface area contributed by atoms with Crippen molar-refractivity contribution in [3.05, 3.63) is 170 Å². The summed E-state index contributed by atoms with van der Waals surface area (Å²) in [5.41, 5.74) is -0.480. The van der Waals surface area contributed by atoms with Gasteiger partial charge in [-0.25, -0.2) is 4.79 Å². The monoisotopic (exact) mass is 1000 g/mol. The lowest BCUT2D eigenvalue weighted by molar-refractivity contribution is -0.166. The minimum absolute atomic E-state index is 0. The van der Waals surface area contributed by atoms with Gasteiger partial charge in [-0.1, -0.05) is 99.5 Å². The van der Waals surface area contributed by atoms with Crippen molar-refractivity contribution in [2.75, 3.05) is 12.5 Å². The van der Waals surface area contributed by atoms with Gasteiger partial charge in [-0.05, 0) is 161 Å². The molecular formula is C56H63Cl3O6S2. The molecule has 2 fully saturated rings. The molecule has 0 aliphatic heterocycles. The SMILES string of the molecule is CCC1(OC(=O)CCl)CCCCC1.CCC1(OC(=O)COc2ccc([S+](c3ccccc3)c3ccccc3)cc2)CCCCC1.Oc1ccc([S+](c2ccccc2)c2ccccc2)cc1.[Cl-].[Cl-]. The fourth-order valence-corrected chi connectivity index (χ4v) is 12.6. The molecule has 0 radical (unpaired) electrons. The van der Waals surface area contributed by atoms with E-state index in [1.165, 1.54) is 55.1 Å². The molecule has 11 heteroatoms. The lowest BCUT2D eigenvalue weighted by Gasteiger charge is -2.35. The van der Waals surface area contributed by atoms with E-state index >= 15 is 0 Å². The van der Waals surface area contributed by atoms with Crippen molar-refractivity contribution >= 4 is 45.3 Å². The third-order valence-electron chi connectivity index (χ3n) is 12.0. The van der Waals surface area contributed by atoms with Crippen molar-refractivity contribution in [3.8, 4) is 11.5 Å². The van der Waals surface area contributed by atoms with Crippen LogP contribution in [0.25, 0.3) is 0 Å². The quantitative estimate of drug-likeness (QED) is 0.0674. The van der Waals surface area contributed by atoms with Gasteiger partial charge in [-0.2, -0.15) is 0 Å². The number of ether oxygens (including phenoxy) is 3. The minimum atomic E-state index is -0.289. The molecule has 8 rings (SSSR count). The summed E-state index contributed by atoms with van der Waals surface area (Å²) >= 11 is 5.42. The third-order valence-corrected chi connectivity index (χ3v) is 16.7. The van der Waals surface area contributed by atoms with Gasteiger partial charge in [0.25, 0.3) is 0 Å². The Hall–Kier alpha value is -4.57. The Labute approximate surface area is 421 Å². The molecule has 0 aromatic heterocycles. The van der Waals surface area contributed by atoms with E-state index in [0.717, 1.165) is 51.4 Å². The number of phenolic OH excluding ortho intramolecular Hbond substituents is 1. The molecule has 0 unspecified atom stereocenters. The summed E-state index contributed by atoms with van der Waals surface area (Å²) in [4.78, 5) is 31.1. The zero-order valence-electron chi connectivity index (χ0n) is 38.5. The summed E-state index contributed by atoms with van der Waals surface area (Å²) < 4.78 is 17.0. The number of aromatic hydroxyl groups is 1. The number of rotatable bonds is 14. The molecule has 1 N–H and O–H groups in total. The van der Waals surface area contributed by atoms with Gasteiger partial charge >= 0.3 is 11.9 Å². The number of phenols is 1. The maximum absolute atomic E-state index is 12.4. The highest BCUT2D eigenvalue weighted by atomic mass is 35.5. The van der Waals surface area contributed by atoms with Crippen molar-refractivity contribution in [2.45, 2.75) is 131 Å². The van der Waals surface area contributed by atoms with Gasteiger partial charge in [0.1, 0.15) is 28.6 Å². The highest BCUT2D eigenvalue weighted by molar-refractivity contribution is 7.97. The molecule has 0 saturated heterocycles. The first kappa shape index (κ1) is 55.0. The lowest BCUT2D eigenvalue weighted by atomic mass is 9.83. The van der Waals surface area contributed by atoms with Crippen molar-refractivity contribution in [3.63, 3.8) is 0 Å². The second-order valence-electron chi connectivity index (χ2n) is 16.4. The van der Waals surface area contributed by atoms with Crippen LogP contribution in [0.2, 0.25) is 0 Å². The molecular weight excluding hydrogens is 939 g/mol. The summed E-state index contributed by atoms with van der Waals surface area (Å²) in [6, 6.07) is 57.6. The second kappa shape index (κ2) is 28.7. The van der Waals surface area contributed by atoms with Gasteiger partial charge in [0.15, 0.2) is 36.0 Å². The smallest absolute Gasteiger partial charge is 0.344 e. The molecule has 6 nitrogen and oxygen atoms in total. The summed E-state index contributed by atoms with van der Waals surface area (Å²) in [6.45, 7) is 4.13. The van der Waals surface area contributed by atoms with Crippen molar-refractivity contribution < 1.29 is 53.7 Å². The number of esters is 2. The Kier molecular flexibility index (Phi) is 23.6. The second-order valence-corrected chi connectivity index (χ2v) is 20.7. The molecule has 0 spiro atoms. The molecule has 2 saturated carbocycles. The van der Waals surface area contributed by atoms with Crippen molar-refractivity contribution in [2.24, 2.45) is 0 Å². The van der Waals surface area contributed by atoms with E-state index in [0.29, 0.717) is 11.5 Å². The lowest BCUT2D eigenvalue weighted by Crippen LogP contribution is -3.00. The number of hydrogen-bond acceptors (Lipinski definition) is 6. The van der Waals surface area contributed by atoms with Crippen LogP contribution in [0.15, 0.2) is 199 Å². The van der Waals surface area contributed by atoms with Gasteiger partial charge in [-0.15, -0.1) is 11.6 Å². The van der Waals surface area contributed by atoms with Crippen LogP contribution in [0.1, 0.15) is 90.9 Å². The Bertz CT molecular complexity index is 2210. The van der Waals surface area contributed by atoms with Crippen LogP contribution < -0.4 is 29.6 Å². The number of carbonyl (C=O) groups excluding carboxylic acids is 2. The van der Waals surface area contributed by atoms with Crippen LogP contribution in [0.4, 0.5) is 0 Å². The highest BCUT2D eigenvalue weighted by Crippen LogP contribution is 2.37. The zero-order valence-corrected chi connectivity index (χ0v) is 42.4. The third kappa shape index (κ3) is 16.6. The Morgan fingerprint density at radius 3 is 1.12 bits per heavy atom. The predicted molar refractivity (Wildman–Crippen MR) is 265 cm³/mol. The Morgan fingerprint density at radius 2 is 0.791 bits per heavy atom. The molecule has 0 atom stereocenters. The van der Waals surface area contributed by atoms with Crippen molar-refractivity contribution in [1.29, 1.82) is 0 Å². The Morgan fingerprint density at radius 1 is 0.478 bits per heavy atom. The van der Waals surface area contributed by atoms with E-state index in [1.807, 2.05) is 48.5 Å². The number of halogens is 3. The van der Waals surface area contributed by atoms with E-state index in [-0.39, 0.29) is 82.2 Å². The molecule has 0 amide bonds. The fraction of sp³-hybridized carbons (Fsp3) is 0.321. The van der Waals surface area contributed by atoms with Crippen LogP contribution in [0.5, 0.6) is 11.5 Å². The van der Waals surface area contributed by atoms with E-state index < -0.39 is 0 Å². The topological polar surface area (TPSA) is 82.1 Å². The van der Waals surface area contributed by atoms with Gasteiger partial charge in [0.2, 0.25) is 0 Å². The van der Waals surface area contributed by atoms with Crippen LogP contribution in [-0.2, 0) is 40.9 Å². The molecule has 356 valence electrons. The average molecular weight is 1000 g/mol. The minimum Gasteiger partial charge on any atom is -1.00 e. The number of alkyl halides is 1. The maximum Gasteiger partial charge on any atom is 0.344 e. The van der Waals surface area contributed by atoms with Crippen LogP contribution in [0, 0.1) is 0 Å². The first-order valence-corrected chi connectivity index (χ1v) is 25.9. The zero-order chi connectivity index (χ0) is 45.7. The number of hydrogen-bond donors (Lipinski definition) is 1. The maximum atomic E-state index is 12.4. The summed E-state index contributed by atoms with van der Waals surface area (Å²) in [5, 5.41) is 9.48. The van der Waals surface area contributed by atoms with Crippen LogP contribution >= 0.6 is 11.6 Å². The fourth-order valence-electron chi connectivity index (χ4n) is 8.43. The van der Waals surface area contributed by atoms with E-state index in [1.54, 1.807) is 12.1 Å². The van der Waals surface area contributed by atoms with Gasteiger partial charge < -0.3 is 44.1 Å². The first-order chi connectivity index (χ1) is 31.8.